The first-order chi connectivity index (χ1) is 15.1. The van der Waals surface area contributed by atoms with E-state index in [-0.39, 0.29) is 13.1 Å². The molecule has 0 radical (unpaired) electrons. The molecule has 226 valence electrons. The number of hydrogen-bond donors (Lipinski definition) is 2. The summed E-state index contributed by atoms with van der Waals surface area (Å²) >= 11 is 0. The summed E-state index contributed by atoms with van der Waals surface area (Å²) in [4.78, 5) is 0. The number of hydrogen-bond acceptors (Lipinski definition) is 3. The van der Waals surface area contributed by atoms with Crippen molar-refractivity contribution in [2.75, 3.05) is 0 Å². The molecular weight excluding hydrogens is 618 g/mol. The Kier molecular flexibility index (Phi) is 9.16. The van der Waals surface area contributed by atoms with Gasteiger partial charge in [-0.2, -0.15) is 96.2 Å². The average molecular weight is 627 g/mol. The summed E-state index contributed by atoms with van der Waals surface area (Å²) < 4.78 is 293. The highest BCUT2D eigenvalue weighted by Crippen LogP contribution is 2.66. The second kappa shape index (κ2) is 9.01. The number of alkyl halides is 20. The summed E-state index contributed by atoms with van der Waals surface area (Å²) in [6.45, 7) is -0.221. The fourth-order valence-corrected chi connectivity index (χ4v) is 2.43. The van der Waals surface area contributed by atoms with Crippen molar-refractivity contribution in [2.24, 2.45) is 0 Å². The Morgan fingerprint density at radius 3 is 0.838 bits per heavy atom. The van der Waals surface area contributed by atoms with E-state index in [1.165, 1.54) is 0 Å². The SMILES string of the molecule is CCC(F)(F)C(F)(F)C(F)(F)C(F)(F)C(F)(F)C(F)(F)C(F)(F)C(F)(F)C(F)(F)C(F)(F)S(=O)(=O)O.N. The Hall–Kier alpha value is -1.53. The van der Waals surface area contributed by atoms with Crippen molar-refractivity contribution in [3.63, 3.8) is 0 Å². The van der Waals surface area contributed by atoms with Gasteiger partial charge in [0.25, 0.3) is 0 Å². The summed E-state index contributed by atoms with van der Waals surface area (Å²) in [5.41, 5.74) is 0. The lowest BCUT2D eigenvalue weighted by Gasteiger charge is -2.44. The van der Waals surface area contributed by atoms with Crippen LogP contribution in [0.5, 0.6) is 0 Å². The molecule has 0 spiro atoms. The quantitative estimate of drug-likeness (QED) is 0.196. The minimum absolute atomic E-state index is 0. The highest BCUT2D eigenvalue weighted by Gasteiger charge is 2.98. The molecule has 0 aliphatic carbocycles. The lowest BCUT2D eigenvalue weighted by molar-refractivity contribution is -0.466. The van der Waals surface area contributed by atoms with Crippen molar-refractivity contribution in [3.8, 4) is 0 Å². The Bertz CT molecular complexity index is 942. The molecule has 4 N–H and O–H groups in total. The van der Waals surface area contributed by atoms with E-state index in [4.69, 9.17) is 4.55 Å². The molecule has 0 aromatic rings. The van der Waals surface area contributed by atoms with Gasteiger partial charge in [0.2, 0.25) is 0 Å². The molecule has 0 heterocycles. The largest absolute Gasteiger partial charge is 0.438 e. The van der Waals surface area contributed by atoms with Gasteiger partial charge in [-0.3, -0.25) is 4.55 Å². The van der Waals surface area contributed by atoms with Crippen LogP contribution in [0.4, 0.5) is 87.8 Å². The molecule has 25 heteroatoms. The zero-order chi connectivity index (χ0) is 30.2. The van der Waals surface area contributed by atoms with E-state index >= 15 is 0 Å². The van der Waals surface area contributed by atoms with Crippen molar-refractivity contribution in [2.45, 2.75) is 71.9 Å². The van der Waals surface area contributed by atoms with E-state index in [9.17, 15) is 96.2 Å². The van der Waals surface area contributed by atoms with Crippen LogP contribution in [0.3, 0.4) is 0 Å². The highest BCUT2D eigenvalue weighted by atomic mass is 32.2. The zero-order valence-corrected chi connectivity index (χ0v) is 17.5. The van der Waals surface area contributed by atoms with E-state index in [2.05, 4.69) is 0 Å². The van der Waals surface area contributed by atoms with Crippen LogP contribution < -0.4 is 6.15 Å². The van der Waals surface area contributed by atoms with Gasteiger partial charge < -0.3 is 6.15 Å². The molecule has 0 aliphatic heterocycles. The predicted molar refractivity (Wildman–Crippen MR) is 76.3 cm³/mol. The molecule has 0 saturated carbocycles. The van der Waals surface area contributed by atoms with E-state index in [0.717, 1.165) is 0 Å². The maximum absolute atomic E-state index is 13.5. The maximum atomic E-state index is 13.5. The molecule has 4 nitrogen and oxygen atoms in total. The smallest absolute Gasteiger partial charge is 0.344 e. The van der Waals surface area contributed by atoms with Crippen molar-refractivity contribution in [1.82, 2.24) is 6.15 Å². The first-order valence-corrected chi connectivity index (χ1v) is 9.25. The van der Waals surface area contributed by atoms with Gasteiger partial charge in [-0.1, -0.05) is 6.92 Å². The van der Waals surface area contributed by atoms with E-state index in [1.54, 1.807) is 0 Å². The molecule has 37 heavy (non-hydrogen) atoms. The molecule has 0 saturated heterocycles. The van der Waals surface area contributed by atoms with Gasteiger partial charge >= 0.3 is 68.7 Å². The normalized spacial score (nSPS) is 16.5. The van der Waals surface area contributed by atoms with Gasteiger partial charge in [0.1, 0.15) is 0 Å². The van der Waals surface area contributed by atoms with Gasteiger partial charge in [-0.05, 0) is 0 Å². The zero-order valence-electron chi connectivity index (χ0n) is 16.6. The third-order valence-electron chi connectivity index (χ3n) is 4.35. The van der Waals surface area contributed by atoms with Crippen LogP contribution in [0.2, 0.25) is 0 Å². The van der Waals surface area contributed by atoms with Gasteiger partial charge in [-0.25, -0.2) is 0 Å². The Balaban J connectivity index is 0. The van der Waals surface area contributed by atoms with Crippen LogP contribution >= 0.6 is 0 Å². The third-order valence-corrected chi connectivity index (χ3v) is 5.26. The van der Waals surface area contributed by atoms with Crippen molar-refractivity contribution < 1.29 is 101 Å². The maximum Gasteiger partial charge on any atom is 0.438 e. The summed E-state index contributed by atoms with van der Waals surface area (Å²) in [6.07, 6.45) is -2.67. The van der Waals surface area contributed by atoms with Crippen LogP contribution in [0.1, 0.15) is 13.3 Å². The predicted octanol–water partition coefficient (Wildman–Crippen LogP) is 6.76. The second-order valence-electron chi connectivity index (χ2n) is 6.64. The molecular formula is C12H9F20NO3S. The first-order valence-electron chi connectivity index (χ1n) is 7.81. The fraction of sp³-hybridized carbons (Fsp3) is 1.00. The number of rotatable bonds is 11. The molecule has 0 amide bonds. The Labute approximate surface area is 190 Å². The summed E-state index contributed by atoms with van der Waals surface area (Å²) in [5, 5.41) is -8.01. The average Bonchev–Trinajstić information content (AvgIpc) is 2.65. The Morgan fingerprint density at radius 2 is 0.649 bits per heavy atom. The van der Waals surface area contributed by atoms with Crippen molar-refractivity contribution in [1.29, 1.82) is 0 Å². The lowest BCUT2D eigenvalue weighted by Crippen LogP contribution is -2.77. The summed E-state index contributed by atoms with van der Waals surface area (Å²) in [6, 6.07) is 0. The van der Waals surface area contributed by atoms with E-state index in [1.807, 2.05) is 0 Å². The lowest BCUT2D eigenvalue weighted by atomic mass is 9.86. The number of halogens is 20. The van der Waals surface area contributed by atoms with Gasteiger partial charge in [-0.15, -0.1) is 0 Å². The van der Waals surface area contributed by atoms with E-state index in [0.29, 0.717) is 0 Å². The standard InChI is InChI=1S/C12H6F20O3S.H3N/c1-2-3(13,14)4(15,16)5(17,18)6(19,20)7(21,22)8(23,24)9(25,26)10(27,28)11(29,30)12(31,32)36(33,34)35;/h2H2,1H3,(H,33,34,35);1H3. The molecule has 0 fully saturated rings. The second-order valence-corrected chi connectivity index (χ2v) is 8.11. The minimum atomic E-state index is -9.26. The van der Waals surface area contributed by atoms with Gasteiger partial charge in [0.05, 0.1) is 0 Å². The van der Waals surface area contributed by atoms with Crippen LogP contribution in [0, 0.1) is 0 Å². The van der Waals surface area contributed by atoms with Gasteiger partial charge in [0, 0.05) is 6.42 Å². The molecule has 0 aliphatic rings. The Morgan fingerprint density at radius 1 is 0.459 bits per heavy atom. The molecule has 0 bridgehead atoms. The summed E-state index contributed by atoms with van der Waals surface area (Å²) in [7, 11) is -8.05. The molecule has 0 atom stereocenters. The highest BCUT2D eigenvalue weighted by molar-refractivity contribution is 7.87. The molecule has 0 aromatic carbocycles. The van der Waals surface area contributed by atoms with Crippen LogP contribution in [0.15, 0.2) is 0 Å². The monoisotopic (exact) mass is 627 g/mol. The molecule has 0 rings (SSSR count). The van der Waals surface area contributed by atoms with Crippen molar-refractivity contribution >= 4 is 10.1 Å². The first kappa shape index (κ1) is 37.6. The minimum Gasteiger partial charge on any atom is -0.344 e. The molecule has 0 unspecified atom stereocenters. The van der Waals surface area contributed by atoms with Crippen LogP contribution in [-0.2, 0) is 10.1 Å². The fourth-order valence-electron chi connectivity index (χ4n) is 1.98. The third kappa shape index (κ3) is 4.34. The van der Waals surface area contributed by atoms with Crippen LogP contribution in [-0.4, -0.2) is 71.5 Å². The van der Waals surface area contributed by atoms with Crippen molar-refractivity contribution in [3.05, 3.63) is 0 Å². The topological polar surface area (TPSA) is 89.4 Å². The van der Waals surface area contributed by atoms with Gasteiger partial charge in [0.15, 0.2) is 0 Å². The molecule has 0 aromatic heterocycles. The summed E-state index contributed by atoms with van der Waals surface area (Å²) in [5.74, 6) is -77.3. The van der Waals surface area contributed by atoms with E-state index < -0.39 is 75.1 Å². The van der Waals surface area contributed by atoms with Crippen LogP contribution in [0.25, 0.3) is 0 Å².